The van der Waals surface area contributed by atoms with Gasteiger partial charge >= 0.3 is 0 Å². The number of benzene rings is 2. The van der Waals surface area contributed by atoms with Crippen molar-refractivity contribution in [3.63, 3.8) is 0 Å². The molecule has 2 N–H and O–H groups in total. The smallest absolute Gasteiger partial charge is 0.248 e. The van der Waals surface area contributed by atoms with Crippen molar-refractivity contribution in [2.45, 2.75) is 52.1 Å². The van der Waals surface area contributed by atoms with E-state index in [1.807, 2.05) is 20.8 Å². The van der Waals surface area contributed by atoms with Gasteiger partial charge in [0.15, 0.2) is 5.82 Å². The van der Waals surface area contributed by atoms with Crippen molar-refractivity contribution in [1.82, 2.24) is 10.5 Å². The van der Waals surface area contributed by atoms with Crippen LogP contribution in [0.1, 0.15) is 51.0 Å². The van der Waals surface area contributed by atoms with E-state index in [0.717, 1.165) is 0 Å². The van der Waals surface area contributed by atoms with Crippen molar-refractivity contribution in [1.29, 1.82) is 0 Å². The Morgan fingerprint density at radius 2 is 1.81 bits per heavy atom. The number of ether oxygens (including phenoxy) is 1. The monoisotopic (exact) mass is 526 g/mol. The van der Waals surface area contributed by atoms with E-state index in [-0.39, 0.29) is 18.7 Å². The maximum atomic E-state index is 13.7. The Bertz CT molecular complexity index is 1270. The summed E-state index contributed by atoms with van der Waals surface area (Å²) in [6.45, 7) is 7.25. The van der Waals surface area contributed by atoms with Gasteiger partial charge in [0.05, 0.1) is 7.11 Å². The first-order chi connectivity index (χ1) is 17.5. The highest BCUT2D eigenvalue weighted by Crippen LogP contribution is 2.34. The highest BCUT2D eigenvalue weighted by Gasteiger charge is 2.35. The largest absolute Gasteiger partial charge is 0.497 e. The zero-order valence-electron chi connectivity index (χ0n) is 21.5. The van der Waals surface area contributed by atoms with Gasteiger partial charge in [0, 0.05) is 46.8 Å². The van der Waals surface area contributed by atoms with Gasteiger partial charge < -0.3 is 19.9 Å². The molecule has 0 spiro atoms. The van der Waals surface area contributed by atoms with Crippen LogP contribution in [-0.4, -0.2) is 35.5 Å². The van der Waals surface area contributed by atoms with Crippen molar-refractivity contribution < 1.29 is 23.6 Å². The van der Waals surface area contributed by atoms with Crippen molar-refractivity contribution in [3.8, 4) is 5.75 Å². The lowest BCUT2D eigenvalue weighted by molar-refractivity contribution is -0.128. The number of anilines is 2. The minimum Gasteiger partial charge on any atom is -0.497 e. The van der Waals surface area contributed by atoms with Crippen LogP contribution in [0.25, 0.3) is 0 Å². The maximum absolute atomic E-state index is 13.7. The molecule has 9 nitrogen and oxygen atoms in total. The molecule has 0 saturated carbocycles. The lowest BCUT2D eigenvalue weighted by Gasteiger charge is -2.34. The van der Waals surface area contributed by atoms with Crippen LogP contribution in [0.2, 0.25) is 5.02 Å². The Morgan fingerprint density at radius 3 is 2.43 bits per heavy atom. The number of methoxy groups -OCH3 is 1. The van der Waals surface area contributed by atoms with E-state index < -0.39 is 29.3 Å². The molecular formula is C27H31ClN4O5. The minimum absolute atomic E-state index is 0.138. The normalized spacial score (nSPS) is 11.9. The van der Waals surface area contributed by atoms with E-state index in [2.05, 4.69) is 15.8 Å². The number of hydrogen-bond donors (Lipinski definition) is 2. The molecule has 0 fully saturated rings. The van der Waals surface area contributed by atoms with Gasteiger partial charge in [0.1, 0.15) is 17.6 Å². The zero-order valence-corrected chi connectivity index (χ0v) is 22.3. The van der Waals surface area contributed by atoms with Crippen LogP contribution in [0.5, 0.6) is 5.75 Å². The summed E-state index contributed by atoms with van der Waals surface area (Å²) in [6.07, 6.45) is -0.315. The summed E-state index contributed by atoms with van der Waals surface area (Å²) >= 11 is 6.53. The number of amides is 3. The summed E-state index contributed by atoms with van der Waals surface area (Å²) in [4.78, 5) is 41.3. The molecule has 3 aromatic rings. The third-order valence-electron chi connectivity index (χ3n) is 5.27. The van der Waals surface area contributed by atoms with Crippen LogP contribution in [0, 0.1) is 6.92 Å². The number of nitrogens with one attached hydrogen (secondary N) is 2. The van der Waals surface area contributed by atoms with E-state index >= 15 is 0 Å². The highest BCUT2D eigenvalue weighted by molar-refractivity contribution is 6.31. The van der Waals surface area contributed by atoms with E-state index in [9.17, 15) is 14.4 Å². The molecule has 1 atom stereocenters. The van der Waals surface area contributed by atoms with E-state index in [0.29, 0.717) is 27.8 Å². The molecule has 0 aliphatic rings. The molecule has 0 unspecified atom stereocenters. The molecule has 1 heterocycles. The van der Waals surface area contributed by atoms with Gasteiger partial charge in [0.25, 0.3) is 0 Å². The van der Waals surface area contributed by atoms with Crippen molar-refractivity contribution >= 4 is 40.8 Å². The second-order valence-corrected chi connectivity index (χ2v) is 9.91. The van der Waals surface area contributed by atoms with Gasteiger partial charge in [0.2, 0.25) is 17.7 Å². The standard InChI is InChI=1S/C27H31ClN4O5/c1-17-15-22(31-37-17)29-23(33)13-14-24(34)32(18-9-8-10-19(16-18)36-5)25(26(35)30-27(2,3)4)20-11-6-7-12-21(20)28/h6-12,15-16,25H,13-14H2,1-5H3,(H,30,35)(H,29,31,33)/t25-/m0/s1. The average molecular weight is 527 g/mol. The average Bonchev–Trinajstić information content (AvgIpc) is 3.24. The van der Waals surface area contributed by atoms with Crippen LogP contribution in [0.15, 0.2) is 59.1 Å². The quantitative estimate of drug-likeness (QED) is 0.403. The first-order valence-electron chi connectivity index (χ1n) is 11.7. The molecule has 196 valence electrons. The van der Waals surface area contributed by atoms with Crippen LogP contribution in [0.4, 0.5) is 11.5 Å². The first kappa shape index (κ1) is 27.7. The second kappa shape index (κ2) is 11.9. The minimum atomic E-state index is -1.10. The van der Waals surface area contributed by atoms with Gasteiger partial charge in [-0.25, -0.2) is 0 Å². The Hall–Kier alpha value is -3.85. The SMILES string of the molecule is COc1cccc(N(C(=O)CCC(=O)Nc2cc(C)on2)[C@H](C(=O)NC(C)(C)C)c2ccccc2Cl)c1. The molecule has 1 aromatic heterocycles. The predicted octanol–water partition coefficient (Wildman–Crippen LogP) is 5.05. The number of halogens is 1. The van der Waals surface area contributed by atoms with Crippen molar-refractivity contribution in [2.75, 3.05) is 17.3 Å². The summed E-state index contributed by atoms with van der Waals surface area (Å²) in [6, 6.07) is 14.2. The van der Waals surface area contributed by atoms with E-state index in [1.54, 1.807) is 61.5 Å². The Kier molecular flexibility index (Phi) is 8.94. The highest BCUT2D eigenvalue weighted by atomic mass is 35.5. The predicted molar refractivity (Wildman–Crippen MR) is 142 cm³/mol. The number of carbonyl (C=O) groups excluding carboxylic acids is 3. The summed E-state index contributed by atoms with van der Waals surface area (Å²) in [7, 11) is 1.51. The third-order valence-corrected chi connectivity index (χ3v) is 5.61. The van der Waals surface area contributed by atoms with Gasteiger partial charge in [-0.05, 0) is 45.9 Å². The number of aryl methyl sites for hydroxylation is 1. The van der Waals surface area contributed by atoms with Gasteiger partial charge in [-0.1, -0.05) is 41.0 Å². The summed E-state index contributed by atoms with van der Waals surface area (Å²) < 4.78 is 10.3. The van der Waals surface area contributed by atoms with Crippen LogP contribution >= 0.6 is 11.6 Å². The van der Waals surface area contributed by atoms with Crippen LogP contribution < -0.4 is 20.3 Å². The molecule has 3 rings (SSSR count). The second-order valence-electron chi connectivity index (χ2n) is 9.50. The number of nitrogens with zero attached hydrogens (tertiary/aromatic N) is 2. The molecule has 3 amide bonds. The molecular weight excluding hydrogens is 496 g/mol. The molecule has 37 heavy (non-hydrogen) atoms. The summed E-state index contributed by atoms with van der Waals surface area (Å²) in [5.41, 5.74) is 0.297. The molecule has 2 aromatic carbocycles. The summed E-state index contributed by atoms with van der Waals surface area (Å²) in [5, 5.41) is 9.63. The van der Waals surface area contributed by atoms with Crippen molar-refractivity contribution in [2.24, 2.45) is 0 Å². The number of aromatic nitrogens is 1. The topological polar surface area (TPSA) is 114 Å². The van der Waals surface area contributed by atoms with Crippen molar-refractivity contribution in [3.05, 3.63) is 70.9 Å². The first-order valence-corrected chi connectivity index (χ1v) is 12.1. The molecule has 0 aliphatic carbocycles. The van der Waals surface area contributed by atoms with Gasteiger partial charge in [-0.3, -0.25) is 19.3 Å². The molecule has 0 aliphatic heterocycles. The lowest BCUT2D eigenvalue weighted by atomic mass is 10.00. The Morgan fingerprint density at radius 1 is 1.08 bits per heavy atom. The number of carbonyl (C=O) groups is 3. The fourth-order valence-electron chi connectivity index (χ4n) is 3.70. The van der Waals surface area contributed by atoms with Gasteiger partial charge in [-0.2, -0.15) is 0 Å². The Labute approximate surface area is 221 Å². The zero-order chi connectivity index (χ0) is 27.2. The van der Waals surface area contributed by atoms with Gasteiger partial charge in [-0.15, -0.1) is 0 Å². The van der Waals surface area contributed by atoms with Crippen LogP contribution in [0.3, 0.4) is 0 Å². The number of hydrogen-bond acceptors (Lipinski definition) is 6. The fourth-order valence-corrected chi connectivity index (χ4v) is 3.94. The van der Waals surface area contributed by atoms with Crippen LogP contribution in [-0.2, 0) is 14.4 Å². The fraction of sp³-hybridized carbons (Fsp3) is 0.333. The number of rotatable bonds is 9. The molecule has 0 saturated heterocycles. The summed E-state index contributed by atoms with van der Waals surface area (Å²) in [5.74, 6) is 0.0263. The maximum Gasteiger partial charge on any atom is 0.248 e. The third kappa shape index (κ3) is 7.57. The molecule has 0 bridgehead atoms. The van der Waals surface area contributed by atoms with E-state index in [1.165, 1.54) is 12.0 Å². The Balaban J connectivity index is 1.99. The lowest BCUT2D eigenvalue weighted by Crippen LogP contribution is -2.49. The molecule has 10 heteroatoms. The molecule has 0 radical (unpaired) electrons. The van der Waals surface area contributed by atoms with E-state index in [4.69, 9.17) is 20.9 Å².